The first kappa shape index (κ1) is 48.7. The molecule has 6 heteroatoms. The first-order chi connectivity index (χ1) is 39.5. The molecule has 0 bridgehead atoms. The normalized spacial score (nSPS) is 11.4. The molecule has 0 spiro atoms. The van der Waals surface area contributed by atoms with Gasteiger partial charge in [-0.2, -0.15) is 0 Å². The zero-order valence-corrected chi connectivity index (χ0v) is 46.0. The molecule has 4 heterocycles. The van der Waals surface area contributed by atoms with Gasteiger partial charge in [0.25, 0.3) is 0 Å². The second kappa shape index (κ2) is 20.6. The summed E-state index contributed by atoms with van der Waals surface area (Å²) in [5.74, 6) is 0. The molecule has 0 fully saturated rings. The highest BCUT2D eigenvalue weighted by Crippen LogP contribution is 2.39. The number of rotatable bonds is 6. The molecule has 4 nitrogen and oxygen atoms in total. The van der Waals surface area contributed by atoms with Crippen molar-refractivity contribution in [3.8, 4) is 33.9 Å². The van der Waals surface area contributed by atoms with Gasteiger partial charge in [-0.25, -0.2) is 0 Å². The highest BCUT2D eigenvalue weighted by atomic mass is 79.9. The Morgan fingerprint density at radius 1 is 0.250 bits per heavy atom. The molecule has 16 aromatic rings. The largest absolute Gasteiger partial charge is 1.00 e. The summed E-state index contributed by atoms with van der Waals surface area (Å²) in [6.07, 6.45) is 0. The number of hydrogen-bond acceptors (Lipinski definition) is 0. The van der Waals surface area contributed by atoms with E-state index in [1.54, 1.807) is 0 Å². The Kier molecular flexibility index (Phi) is 12.6. The molecule has 16 rings (SSSR count). The van der Waals surface area contributed by atoms with Crippen molar-refractivity contribution in [2.75, 3.05) is 0 Å². The van der Waals surface area contributed by atoms with Gasteiger partial charge in [0.2, 0.25) is 0 Å². The molecule has 0 N–H and O–H groups in total. The van der Waals surface area contributed by atoms with Crippen molar-refractivity contribution in [3.63, 3.8) is 0 Å². The minimum Gasteiger partial charge on any atom is -1.00 e. The summed E-state index contributed by atoms with van der Waals surface area (Å²) in [7, 11) is 0. The van der Waals surface area contributed by atoms with Crippen LogP contribution in [0.2, 0.25) is 13.6 Å². The summed E-state index contributed by atoms with van der Waals surface area (Å²) in [6, 6.07) is 104. The second-order valence-corrected chi connectivity index (χ2v) is 21.7. The molecule has 0 atom stereocenters. The summed E-state index contributed by atoms with van der Waals surface area (Å²) in [5.41, 5.74) is 18.6. The average Bonchev–Trinajstić information content (AvgIpc) is 4.20. The van der Waals surface area contributed by atoms with E-state index in [-0.39, 0.29) is 1.43 Å². The first-order valence-corrected chi connectivity index (χ1v) is 28.3. The Bertz CT molecular complexity index is 4770. The topological polar surface area (TPSA) is 19.7 Å². The molecule has 0 amide bonds. The average molecular weight is 1090 g/mol. The number of benzene rings is 12. The maximum absolute atomic E-state index is 3.57. The van der Waals surface area contributed by atoms with Gasteiger partial charge >= 0.3 is 0 Å². The van der Waals surface area contributed by atoms with Gasteiger partial charge < -0.3 is 19.7 Å². The SMILES string of the molecule is Brc1ccc2c(c1)c1ccccc1n2-c1ccccc1.CB(C)c1ccc2c(c1)c1ccccc1n2-c1ccccc1.[H-].c1ccc(-n2c3ccccc3c3cc(-c4ccc5c(c4)c4ccccc4n5-c4ccccc4)ccc32)cc1. The number of halogens is 1. The summed E-state index contributed by atoms with van der Waals surface area (Å²) < 4.78 is 10.5. The van der Waals surface area contributed by atoms with Crippen molar-refractivity contribution >= 4 is 115 Å². The van der Waals surface area contributed by atoms with Gasteiger partial charge in [0.05, 0.1) is 44.1 Å². The van der Waals surface area contributed by atoms with Crippen LogP contribution in [0.1, 0.15) is 1.43 Å². The summed E-state index contributed by atoms with van der Waals surface area (Å²) >= 11 is 3.57. The summed E-state index contributed by atoms with van der Waals surface area (Å²) in [5, 5.41) is 10.3. The van der Waals surface area contributed by atoms with Crippen LogP contribution < -0.4 is 5.46 Å². The number of para-hydroxylation sites is 8. The molecular weight excluding hydrogens is 1040 g/mol. The Balaban J connectivity index is 0.000000123. The molecule has 12 aromatic carbocycles. The monoisotopic (exact) mass is 1090 g/mol. The highest BCUT2D eigenvalue weighted by Gasteiger charge is 2.18. The third kappa shape index (κ3) is 8.57. The second-order valence-electron chi connectivity index (χ2n) is 20.8. The van der Waals surface area contributed by atoms with Gasteiger partial charge in [0.15, 0.2) is 6.71 Å². The third-order valence-corrected chi connectivity index (χ3v) is 16.2. The molecule has 0 saturated heterocycles. The van der Waals surface area contributed by atoms with Crippen molar-refractivity contribution in [1.29, 1.82) is 0 Å². The fourth-order valence-corrected chi connectivity index (χ4v) is 12.4. The maximum atomic E-state index is 3.57. The zero-order valence-electron chi connectivity index (χ0n) is 45.5. The van der Waals surface area contributed by atoms with E-state index in [1.165, 1.54) is 127 Å². The van der Waals surface area contributed by atoms with Crippen molar-refractivity contribution < 1.29 is 1.43 Å². The quantitative estimate of drug-likeness (QED) is 0.148. The smallest absolute Gasteiger partial charge is 0.169 e. The van der Waals surface area contributed by atoms with Crippen LogP contribution >= 0.6 is 15.9 Å². The van der Waals surface area contributed by atoms with Crippen LogP contribution in [0.15, 0.2) is 296 Å². The van der Waals surface area contributed by atoms with E-state index in [9.17, 15) is 0 Å². The van der Waals surface area contributed by atoms with E-state index < -0.39 is 0 Å². The van der Waals surface area contributed by atoms with Crippen molar-refractivity contribution in [2.24, 2.45) is 0 Å². The molecule has 0 aliphatic carbocycles. The summed E-state index contributed by atoms with van der Waals surface area (Å²) in [6.45, 7) is 5.04. The molecular formula is C74H55BBrN4-. The van der Waals surface area contributed by atoms with Gasteiger partial charge in [-0.05, 0) is 132 Å². The minimum absolute atomic E-state index is 0. The predicted octanol–water partition coefficient (Wildman–Crippen LogP) is 20.0. The Hall–Kier alpha value is -9.62. The molecule has 0 radical (unpaired) electrons. The fourth-order valence-electron chi connectivity index (χ4n) is 12.0. The van der Waals surface area contributed by atoms with Gasteiger partial charge in [0.1, 0.15) is 0 Å². The van der Waals surface area contributed by atoms with E-state index in [0.717, 1.165) is 4.47 Å². The highest BCUT2D eigenvalue weighted by molar-refractivity contribution is 9.10. The van der Waals surface area contributed by atoms with E-state index in [0.29, 0.717) is 6.71 Å². The fraction of sp³-hybridized carbons (Fsp3) is 0.0270. The molecule has 0 saturated carbocycles. The van der Waals surface area contributed by atoms with Crippen LogP contribution in [0.5, 0.6) is 0 Å². The number of fused-ring (bicyclic) bond motifs is 12. The van der Waals surface area contributed by atoms with Crippen LogP contribution in [-0.2, 0) is 0 Å². The Morgan fingerprint density at radius 3 is 0.850 bits per heavy atom. The number of nitrogens with zero attached hydrogens (tertiary/aromatic N) is 4. The Labute approximate surface area is 475 Å². The van der Waals surface area contributed by atoms with Crippen LogP contribution in [0.4, 0.5) is 0 Å². The van der Waals surface area contributed by atoms with E-state index >= 15 is 0 Å². The van der Waals surface area contributed by atoms with Gasteiger partial charge in [-0.3, -0.25) is 0 Å². The van der Waals surface area contributed by atoms with Gasteiger partial charge in [0, 0.05) is 70.3 Å². The van der Waals surface area contributed by atoms with Crippen LogP contribution in [0, 0.1) is 0 Å². The van der Waals surface area contributed by atoms with Crippen molar-refractivity contribution in [3.05, 3.63) is 296 Å². The molecule has 0 unspecified atom stereocenters. The first-order valence-electron chi connectivity index (χ1n) is 27.5. The molecule has 4 aromatic heterocycles. The van der Waals surface area contributed by atoms with Gasteiger partial charge in [-0.1, -0.05) is 205 Å². The lowest BCUT2D eigenvalue weighted by Crippen LogP contribution is -2.21. The van der Waals surface area contributed by atoms with Crippen LogP contribution in [0.3, 0.4) is 0 Å². The summed E-state index contributed by atoms with van der Waals surface area (Å²) in [4.78, 5) is 0. The van der Waals surface area contributed by atoms with E-state index in [4.69, 9.17) is 0 Å². The van der Waals surface area contributed by atoms with Gasteiger partial charge in [-0.15, -0.1) is 0 Å². The molecule has 0 aliphatic heterocycles. The molecule has 382 valence electrons. The standard InChI is InChI=1S/C36H24N2.C20H18BN.C18H12BrN.H/c1-3-11-27(12-4-1)37-33-17-9-7-15-29(33)31-23-25(19-21-35(31)37)26-20-22-36-32(24-26)30-16-8-10-18-34(30)38(36)28-13-5-2-6-14-28;1-21(2)15-12-13-20-18(14-15)17-10-6-7-11-19(17)22(20)16-8-4-3-5-9-16;19-13-10-11-18-16(12-13)15-8-4-5-9-17(15)20(18)14-6-2-1-3-7-14;/h1-24H;3-14H,1-2H3;1-12H;/q;;;-1. The Morgan fingerprint density at radius 2 is 0.512 bits per heavy atom. The molecule has 80 heavy (non-hydrogen) atoms. The maximum Gasteiger partial charge on any atom is 0.169 e. The van der Waals surface area contributed by atoms with Crippen LogP contribution in [0.25, 0.3) is 121 Å². The van der Waals surface area contributed by atoms with E-state index in [2.05, 4.69) is 333 Å². The van der Waals surface area contributed by atoms with E-state index in [1.807, 2.05) is 6.07 Å². The minimum atomic E-state index is 0. The predicted molar refractivity (Wildman–Crippen MR) is 348 cm³/mol. The van der Waals surface area contributed by atoms with Crippen molar-refractivity contribution in [1.82, 2.24) is 18.3 Å². The lowest BCUT2D eigenvalue weighted by Gasteiger charge is -2.09. The lowest BCUT2D eigenvalue weighted by atomic mass is 9.49. The lowest BCUT2D eigenvalue weighted by molar-refractivity contribution is 1.18. The zero-order chi connectivity index (χ0) is 53.7. The van der Waals surface area contributed by atoms with Crippen molar-refractivity contribution in [2.45, 2.75) is 13.6 Å². The molecule has 0 aliphatic rings. The van der Waals surface area contributed by atoms with Crippen LogP contribution in [-0.4, -0.2) is 25.0 Å². The third-order valence-electron chi connectivity index (χ3n) is 15.7. The number of aromatic nitrogens is 4. The number of hydrogen-bond donors (Lipinski definition) is 0.